The standard InChI is InChI=1S/C28H31N3O5.C25H23N3O5/c1-4-17-29-24-22(25(33)35-2)23(26(34)36-3)30-27-28(24,20-13-9-6-10-14-20)16-15-21(32)31(27)18-19-11-7-5-8-12-19;1-32-22(30)19-20(23(31)33-2)27-24-25(16-10-6-7-11-17(16)26-21(19)25)13-12-18(29)28(24)14-15-8-4-3-5-9-15/h5-14,24,29H,4,15-18H2,1-3H3;3-11,21,26H,12-14H2,1-2H3/t24?,28-;21?,25-/m00/s1. The molecule has 5 aliphatic rings. The van der Waals surface area contributed by atoms with Crippen LogP contribution >= 0.6 is 0 Å². The van der Waals surface area contributed by atoms with E-state index < -0.39 is 46.8 Å². The molecule has 9 rings (SSSR count). The van der Waals surface area contributed by atoms with Gasteiger partial charge in [-0.2, -0.15) is 0 Å². The number of amidine groups is 2. The maximum absolute atomic E-state index is 13.4. The molecule has 4 aromatic rings. The molecular weight excluding hydrogens is 881 g/mol. The molecule has 356 valence electrons. The minimum atomic E-state index is -0.889. The maximum atomic E-state index is 13.4. The number of hydrogen-bond acceptors (Lipinski definition) is 14. The fourth-order valence-electron chi connectivity index (χ4n) is 10.3. The van der Waals surface area contributed by atoms with Crippen LogP contribution in [-0.4, -0.2) is 104 Å². The molecule has 0 bridgehead atoms. The molecule has 4 aromatic carbocycles. The van der Waals surface area contributed by atoms with Crippen LogP contribution in [0.15, 0.2) is 148 Å². The number of para-hydroxylation sites is 1. The number of amides is 2. The summed E-state index contributed by atoms with van der Waals surface area (Å²) in [4.78, 5) is 91.0. The van der Waals surface area contributed by atoms with E-state index in [4.69, 9.17) is 23.9 Å². The van der Waals surface area contributed by atoms with Crippen LogP contribution in [0.5, 0.6) is 0 Å². The number of aliphatic imine (C=N–C) groups is 2. The zero-order valence-electron chi connectivity index (χ0n) is 39.2. The van der Waals surface area contributed by atoms with Crippen molar-refractivity contribution in [3.05, 3.63) is 160 Å². The number of hydrogen-bond donors (Lipinski definition) is 2. The fraction of sp³-hybridized carbons (Fsp3) is 0.321. The summed E-state index contributed by atoms with van der Waals surface area (Å²) in [5.41, 5.74) is 2.76. The molecule has 2 unspecified atom stereocenters. The highest BCUT2D eigenvalue weighted by Crippen LogP contribution is 2.53. The molecule has 0 aromatic heterocycles. The van der Waals surface area contributed by atoms with E-state index in [2.05, 4.69) is 15.6 Å². The van der Waals surface area contributed by atoms with E-state index in [1.165, 1.54) is 28.4 Å². The van der Waals surface area contributed by atoms with Crippen molar-refractivity contribution in [2.75, 3.05) is 40.3 Å². The zero-order valence-corrected chi connectivity index (χ0v) is 39.2. The van der Waals surface area contributed by atoms with Gasteiger partial charge in [0.25, 0.3) is 0 Å². The molecule has 0 radical (unpaired) electrons. The average Bonchev–Trinajstić information content (AvgIpc) is 3.73. The number of piperidine rings is 2. The van der Waals surface area contributed by atoms with Gasteiger partial charge in [0, 0.05) is 18.5 Å². The summed E-state index contributed by atoms with van der Waals surface area (Å²) in [6.07, 6.45) is 2.19. The Morgan fingerprint density at radius 3 is 1.58 bits per heavy atom. The predicted molar refractivity (Wildman–Crippen MR) is 255 cm³/mol. The SMILES string of the molecule is CCCNC1C(C(=O)OC)=C(C(=O)OC)N=C2N(Cc3ccccc3)C(=O)CC[C@@]21c1ccccc1.COC(=O)C1=C(C(=O)OC)C2Nc3ccccc3[C@@]23CCC(=O)N(Cc2ccccc2)C3=N1. The van der Waals surface area contributed by atoms with Gasteiger partial charge in [0.15, 0.2) is 11.4 Å². The summed E-state index contributed by atoms with van der Waals surface area (Å²) < 4.78 is 20.2. The number of likely N-dealkylation sites (tertiary alicyclic amines) is 2. The molecule has 2 amide bonds. The van der Waals surface area contributed by atoms with Gasteiger partial charge in [-0.1, -0.05) is 116 Å². The Balaban J connectivity index is 0.000000187. The van der Waals surface area contributed by atoms with Gasteiger partial charge in [-0.3, -0.25) is 19.4 Å². The fourth-order valence-corrected chi connectivity index (χ4v) is 10.3. The highest BCUT2D eigenvalue weighted by Gasteiger charge is 2.61. The molecule has 2 saturated heterocycles. The van der Waals surface area contributed by atoms with Crippen molar-refractivity contribution in [3.63, 3.8) is 0 Å². The Morgan fingerprint density at radius 1 is 0.609 bits per heavy atom. The Kier molecular flexibility index (Phi) is 14.0. The first-order chi connectivity index (χ1) is 33.5. The lowest BCUT2D eigenvalue weighted by Gasteiger charge is -2.50. The first kappa shape index (κ1) is 47.8. The van der Waals surface area contributed by atoms with Gasteiger partial charge in [-0.15, -0.1) is 0 Å². The molecule has 5 heterocycles. The van der Waals surface area contributed by atoms with Crippen molar-refractivity contribution in [2.45, 2.75) is 75.0 Å². The lowest BCUT2D eigenvalue weighted by molar-refractivity contribution is -0.140. The van der Waals surface area contributed by atoms with Crippen molar-refractivity contribution in [1.82, 2.24) is 15.1 Å². The number of fused-ring (bicyclic) bond motifs is 2. The lowest BCUT2D eigenvalue weighted by Crippen LogP contribution is -2.65. The van der Waals surface area contributed by atoms with Gasteiger partial charge in [-0.05, 0) is 54.1 Å². The zero-order chi connectivity index (χ0) is 48.9. The molecule has 5 aliphatic heterocycles. The molecular formula is C53H54N6O10. The predicted octanol–water partition coefficient (Wildman–Crippen LogP) is 5.68. The second kappa shape index (κ2) is 20.2. The van der Waals surface area contributed by atoms with Crippen LogP contribution in [0.3, 0.4) is 0 Å². The number of carbonyl (C=O) groups is 6. The van der Waals surface area contributed by atoms with Crippen molar-refractivity contribution in [1.29, 1.82) is 0 Å². The van der Waals surface area contributed by atoms with Crippen LogP contribution in [0.4, 0.5) is 5.69 Å². The summed E-state index contributed by atoms with van der Waals surface area (Å²) in [6.45, 7) is 3.19. The van der Waals surface area contributed by atoms with E-state index >= 15 is 0 Å². The minimum Gasteiger partial charge on any atom is -0.466 e. The smallest absolute Gasteiger partial charge is 0.357 e. The summed E-state index contributed by atoms with van der Waals surface area (Å²) in [6, 6.07) is 35.4. The number of carbonyl (C=O) groups excluding carboxylic acids is 6. The third-order valence-electron chi connectivity index (χ3n) is 13.4. The normalized spacial score (nSPS) is 22.3. The van der Waals surface area contributed by atoms with E-state index in [-0.39, 0.29) is 53.7 Å². The van der Waals surface area contributed by atoms with Crippen LogP contribution < -0.4 is 10.6 Å². The lowest BCUT2D eigenvalue weighted by atomic mass is 9.63. The van der Waals surface area contributed by atoms with Gasteiger partial charge in [-0.25, -0.2) is 29.2 Å². The van der Waals surface area contributed by atoms with Gasteiger partial charge >= 0.3 is 23.9 Å². The molecule has 0 saturated carbocycles. The number of ether oxygens (including phenoxy) is 4. The number of anilines is 1. The van der Waals surface area contributed by atoms with Gasteiger partial charge in [0.2, 0.25) is 11.8 Å². The number of nitrogens with zero attached hydrogens (tertiary/aromatic N) is 4. The largest absolute Gasteiger partial charge is 0.466 e. The number of nitrogens with one attached hydrogen (secondary N) is 2. The topological polar surface area (TPSA) is 195 Å². The van der Waals surface area contributed by atoms with Crippen molar-refractivity contribution in [2.24, 2.45) is 9.98 Å². The van der Waals surface area contributed by atoms with Gasteiger partial charge in [0.1, 0.15) is 11.7 Å². The third kappa shape index (κ3) is 8.49. The number of benzene rings is 4. The van der Waals surface area contributed by atoms with Crippen molar-refractivity contribution >= 4 is 53.1 Å². The van der Waals surface area contributed by atoms with Crippen LogP contribution in [0, 0.1) is 0 Å². The summed E-state index contributed by atoms with van der Waals surface area (Å²) >= 11 is 0. The Labute approximate surface area is 400 Å². The first-order valence-corrected chi connectivity index (χ1v) is 22.8. The van der Waals surface area contributed by atoms with Crippen LogP contribution in [0.1, 0.15) is 61.3 Å². The summed E-state index contributed by atoms with van der Waals surface area (Å²) in [5.74, 6) is -2.14. The quantitative estimate of drug-likeness (QED) is 0.131. The van der Waals surface area contributed by atoms with Crippen molar-refractivity contribution in [3.8, 4) is 0 Å². The van der Waals surface area contributed by atoms with E-state index in [0.29, 0.717) is 37.6 Å². The molecule has 2 N–H and O–H groups in total. The second-order valence-electron chi connectivity index (χ2n) is 17.1. The van der Waals surface area contributed by atoms with E-state index in [0.717, 1.165) is 34.4 Å². The number of rotatable bonds is 12. The summed E-state index contributed by atoms with van der Waals surface area (Å²) in [7, 11) is 5.02. The molecule has 16 nitrogen and oxygen atoms in total. The number of esters is 4. The first-order valence-electron chi connectivity index (χ1n) is 22.8. The van der Waals surface area contributed by atoms with E-state index in [9.17, 15) is 28.8 Å². The molecule has 1 spiro atoms. The number of methoxy groups -OCH3 is 4. The Hall–Kier alpha value is -7.72. The Bertz CT molecular complexity index is 2790. The van der Waals surface area contributed by atoms with E-state index in [1.807, 2.05) is 122 Å². The molecule has 0 aliphatic carbocycles. The molecule has 69 heavy (non-hydrogen) atoms. The monoisotopic (exact) mass is 934 g/mol. The highest BCUT2D eigenvalue weighted by atomic mass is 16.5. The van der Waals surface area contributed by atoms with E-state index in [1.54, 1.807) is 9.80 Å². The van der Waals surface area contributed by atoms with Crippen LogP contribution in [0.2, 0.25) is 0 Å². The highest BCUT2D eigenvalue weighted by molar-refractivity contribution is 6.16. The van der Waals surface area contributed by atoms with Gasteiger partial charge < -0.3 is 29.6 Å². The molecule has 4 atom stereocenters. The summed E-state index contributed by atoms with van der Waals surface area (Å²) in [5, 5.41) is 6.91. The van der Waals surface area contributed by atoms with Crippen molar-refractivity contribution < 1.29 is 47.7 Å². The van der Waals surface area contributed by atoms with Crippen LogP contribution in [0.25, 0.3) is 0 Å². The minimum absolute atomic E-state index is 0.0860. The van der Waals surface area contributed by atoms with Gasteiger partial charge in [0.05, 0.1) is 75.6 Å². The molecule has 16 heteroatoms. The Morgan fingerprint density at radius 2 is 1.06 bits per heavy atom. The average molecular weight is 935 g/mol. The van der Waals surface area contributed by atoms with Crippen LogP contribution in [-0.2, 0) is 71.6 Å². The molecule has 2 fully saturated rings. The second-order valence-corrected chi connectivity index (χ2v) is 17.1. The maximum Gasteiger partial charge on any atom is 0.357 e. The third-order valence-corrected chi connectivity index (χ3v) is 13.4.